The van der Waals surface area contributed by atoms with E-state index in [4.69, 9.17) is 0 Å². The van der Waals surface area contributed by atoms with Crippen LogP contribution in [0.25, 0.3) is 0 Å². The Bertz CT molecular complexity index is 596. The predicted molar refractivity (Wildman–Crippen MR) is 108 cm³/mol. The summed E-state index contributed by atoms with van der Waals surface area (Å²) in [5.74, 6) is 4.10. The van der Waals surface area contributed by atoms with E-state index in [-0.39, 0.29) is 0 Å². The largest absolute Gasteiger partial charge is 0.207 e. The highest BCUT2D eigenvalue weighted by Gasteiger charge is 2.39. The number of fused-ring (bicyclic) bond motifs is 1. The van der Waals surface area contributed by atoms with E-state index >= 15 is 0 Å². The van der Waals surface area contributed by atoms with E-state index in [1.807, 2.05) is 0 Å². The van der Waals surface area contributed by atoms with Crippen molar-refractivity contribution < 1.29 is 8.78 Å². The van der Waals surface area contributed by atoms with Gasteiger partial charge in [0.05, 0.1) is 0 Å². The van der Waals surface area contributed by atoms with Gasteiger partial charge in [-0.15, -0.1) is 0 Å². The van der Waals surface area contributed by atoms with Crippen LogP contribution in [0.5, 0.6) is 0 Å². The van der Waals surface area contributed by atoms with Gasteiger partial charge in [-0.05, 0) is 105 Å². The Kier molecular flexibility index (Phi) is 6.19. The normalized spacial score (nSPS) is 37.0. The number of hydrogen-bond acceptors (Lipinski definition) is 0. The van der Waals surface area contributed by atoms with Crippen LogP contribution in [0, 0.1) is 41.2 Å². The lowest BCUT2D eigenvalue weighted by Gasteiger charge is -2.45. The van der Waals surface area contributed by atoms with Gasteiger partial charge in [0.1, 0.15) is 11.6 Å². The molecule has 4 unspecified atom stereocenters. The Morgan fingerprint density at radius 2 is 1.26 bits per heavy atom. The lowest BCUT2D eigenvalue weighted by Crippen LogP contribution is -2.34. The topological polar surface area (TPSA) is 0 Å². The van der Waals surface area contributed by atoms with Crippen LogP contribution in [0.3, 0.4) is 0 Å². The first-order valence-corrected chi connectivity index (χ1v) is 11.6. The highest BCUT2D eigenvalue weighted by molar-refractivity contribution is 5.22. The summed E-state index contributed by atoms with van der Waals surface area (Å²) in [6, 6.07) is 4.12. The second-order valence-corrected chi connectivity index (χ2v) is 9.88. The average molecular weight is 375 g/mol. The van der Waals surface area contributed by atoms with Crippen LogP contribution >= 0.6 is 0 Å². The first-order valence-electron chi connectivity index (χ1n) is 11.6. The third-order valence-electron chi connectivity index (χ3n) is 8.26. The molecule has 1 aromatic carbocycles. The molecule has 0 aliphatic heterocycles. The van der Waals surface area contributed by atoms with Crippen molar-refractivity contribution in [2.45, 2.75) is 89.9 Å². The van der Waals surface area contributed by atoms with Crippen LogP contribution in [0.1, 0.15) is 95.5 Å². The van der Waals surface area contributed by atoms with Crippen LogP contribution in [-0.2, 0) is 0 Å². The summed E-state index contributed by atoms with van der Waals surface area (Å²) in [5, 5.41) is 0. The monoisotopic (exact) mass is 374 g/mol. The van der Waals surface area contributed by atoms with Crippen LogP contribution in [0.15, 0.2) is 18.2 Å². The van der Waals surface area contributed by atoms with Crippen LogP contribution in [-0.4, -0.2) is 0 Å². The lowest BCUT2D eigenvalue weighted by atomic mass is 9.60. The molecule has 0 radical (unpaired) electrons. The zero-order valence-electron chi connectivity index (χ0n) is 16.9. The fourth-order valence-electron chi connectivity index (χ4n) is 6.82. The number of hydrogen-bond donors (Lipinski definition) is 0. The highest BCUT2D eigenvalue weighted by atomic mass is 19.1. The molecular formula is C25H36F2. The Balaban J connectivity index is 1.31. The minimum absolute atomic E-state index is 0.359. The quantitative estimate of drug-likeness (QED) is 0.503. The molecule has 4 atom stereocenters. The van der Waals surface area contributed by atoms with Gasteiger partial charge in [-0.3, -0.25) is 0 Å². The van der Waals surface area contributed by atoms with Gasteiger partial charge in [0.2, 0.25) is 0 Å². The average Bonchev–Trinajstić information content (AvgIpc) is 2.67. The third-order valence-corrected chi connectivity index (χ3v) is 8.26. The van der Waals surface area contributed by atoms with Crippen molar-refractivity contribution in [1.29, 1.82) is 0 Å². The molecule has 3 fully saturated rings. The maximum absolute atomic E-state index is 13.6. The first-order chi connectivity index (χ1) is 13.1. The van der Waals surface area contributed by atoms with Crippen molar-refractivity contribution in [3.8, 4) is 0 Å². The van der Waals surface area contributed by atoms with E-state index in [1.165, 1.54) is 64.2 Å². The molecular weight excluding hydrogens is 338 g/mol. The molecule has 0 aromatic heterocycles. The van der Waals surface area contributed by atoms with E-state index < -0.39 is 11.6 Å². The van der Waals surface area contributed by atoms with Crippen molar-refractivity contribution in [2.75, 3.05) is 0 Å². The molecule has 27 heavy (non-hydrogen) atoms. The lowest BCUT2D eigenvalue weighted by molar-refractivity contribution is 0.0711. The number of halogens is 2. The van der Waals surface area contributed by atoms with Gasteiger partial charge in [-0.1, -0.05) is 32.6 Å². The second-order valence-electron chi connectivity index (χ2n) is 9.88. The van der Waals surface area contributed by atoms with Gasteiger partial charge < -0.3 is 0 Å². The standard InChI is InChI=1S/C25H36F2/c1-2-3-17-4-6-18(7-5-17)19-8-9-21-13-22(11-10-20(21)12-19)23-14-24(26)16-25(27)15-23/h14-22H,2-13H2,1H3. The molecule has 0 amide bonds. The van der Waals surface area contributed by atoms with Gasteiger partial charge >= 0.3 is 0 Å². The summed E-state index contributed by atoms with van der Waals surface area (Å²) < 4.78 is 27.2. The highest BCUT2D eigenvalue weighted by Crippen LogP contribution is 2.51. The Labute approximate surface area is 164 Å². The zero-order valence-corrected chi connectivity index (χ0v) is 16.9. The Morgan fingerprint density at radius 3 is 1.93 bits per heavy atom. The molecule has 0 N–H and O–H groups in total. The zero-order chi connectivity index (χ0) is 18.8. The SMILES string of the molecule is CCCC1CCC(C2CCC3CC(c4cc(F)cc(F)c4)CCC3C2)CC1. The smallest absolute Gasteiger partial charge is 0.126 e. The molecule has 2 heteroatoms. The van der Waals surface area contributed by atoms with Crippen molar-refractivity contribution in [3.05, 3.63) is 35.4 Å². The number of benzene rings is 1. The van der Waals surface area contributed by atoms with E-state index in [0.717, 1.165) is 54.1 Å². The molecule has 0 spiro atoms. The van der Waals surface area contributed by atoms with Gasteiger partial charge in [0.25, 0.3) is 0 Å². The van der Waals surface area contributed by atoms with Crippen LogP contribution in [0.2, 0.25) is 0 Å². The Hall–Kier alpha value is -0.920. The molecule has 3 aliphatic carbocycles. The second kappa shape index (κ2) is 8.62. The summed E-state index contributed by atoms with van der Waals surface area (Å²) in [6.07, 6.45) is 16.3. The van der Waals surface area contributed by atoms with E-state index in [0.29, 0.717) is 5.92 Å². The van der Waals surface area contributed by atoms with Crippen molar-refractivity contribution in [1.82, 2.24) is 0 Å². The Morgan fingerprint density at radius 1 is 0.704 bits per heavy atom. The molecule has 0 bridgehead atoms. The number of rotatable bonds is 4. The maximum Gasteiger partial charge on any atom is 0.126 e. The molecule has 0 heterocycles. The fraction of sp³-hybridized carbons (Fsp3) is 0.760. The van der Waals surface area contributed by atoms with Gasteiger partial charge in [-0.25, -0.2) is 8.78 Å². The minimum Gasteiger partial charge on any atom is -0.207 e. The van der Waals surface area contributed by atoms with E-state index in [9.17, 15) is 8.78 Å². The van der Waals surface area contributed by atoms with Gasteiger partial charge in [0.15, 0.2) is 0 Å². The molecule has 0 nitrogen and oxygen atoms in total. The van der Waals surface area contributed by atoms with Gasteiger partial charge in [0, 0.05) is 6.07 Å². The van der Waals surface area contributed by atoms with Crippen LogP contribution in [0.4, 0.5) is 8.78 Å². The summed E-state index contributed by atoms with van der Waals surface area (Å²) in [6.45, 7) is 2.32. The summed E-state index contributed by atoms with van der Waals surface area (Å²) >= 11 is 0. The summed E-state index contributed by atoms with van der Waals surface area (Å²) in [7, 11) is 0. The maximum atomic E-state index is 13.6. The van der Waals surface area contributed by atoms with Crippen LogP contribution < -0.4 is 0 Å². The van der Waals surface area contributed by atoms with Crippen molar-refractivity contribution in [3.63, 3.8) is 0 Å². The third kappa shape index (κ3) is 4.57. The molecule has 0 saturated heterocycles. The minimum atomic E-state index is -0.422. The van der Waals surface area contributed by atoms with Crippen molar-refractivity contribution in [2.24, 2.45) is 29.6 Å². The van der Waals surface area contributed by atoms with E-state index in [2.05, 4.69) is 6.92 Å². The first kappa shape index (κ1) is 19.4. The van der Waals surface area contributed by atoms with E-state index in [1.54, 1.807) is 12.1 Å². The van der Waals surface area contributed by atoms with Crippen molar-refractivity contribution >= 4 is 0 Å². The van der Waals surface area contributed by atoms with Gasteiger partial charge in [-0.2, -0.15) is 0 Å². The molecule has 1 aromatic rings. The molecule has 150 valence electrons. The summed E-state index contributed by atoms with van der Waals surface area (Å²) in [5.41, 5.74) is 0.891. The molecule has 3 saturated carbocycles. The fourth-order valence-corrected chi connectivity index (χ4v) is 6.82. The molecule has 3 aliphatic rings. The molecule has 4 rings (SSSR count). The summed E-state index contributed by atoms with van der Waals surface area (Å²) in [4.78, 5) is 0. The predicted octanol–water partition coefficient (Wildman–Crippen LogP) is 7.87.